The van der Waals surface area contributed by atoms with Crippen LogP contribution in [0.25, 0.3) is 0 Å². The SMILES string of the molecule is COc1ccc(NC(=NC2CCCCN(CC(=O)N3CCCC3)C2=O)NC(=O)c2ccc(Cl)c(Cl)c2)cc1. The summed E-state index contributed by atoms with van der Waals surface area (Å²) in [5, 5.41) is 6.45. The van der Waals surface area contributed by atoms with Crippen LogP contribution in [0.4, 0.5) is 5.69 Å². The van der Waals surface area contributed by atoms with Crippen molar-refractivity contribution in [2.75, 3.05) is 38.6 Å². The Balaban J connectivity index is 1.56. The summed E-state index contributed by atoms with van der Waals surface area (Å²) in [6, 6.07) is 10.9. The molecule has 4 rings (SSSR count). The molecule has 0 spiro atoms. The van der Waals surface area contributed by atoms with Crippen LogP contribution in [0.1, 0.15) is 42.5 Å². The Bertz CT molecular complexity index is 1200. The van der Waals surface area contributed by atoms with Gasteiger partial charge in [-0.15, -0.1) is 0 Å². The van der Waals surface area contributed by atoms with Crippen molar-refractivity contribution in [3.8, 4) is 5.75 Å². The number of benzene rings is 2. The average Bonchev–Trinajstić information content (AvgIpc) is 3.41. The van der Waals surface area contributed by atoms with Gasteiger partial charge in [0.1, 0.15) is 11.8 Å². The van der Waals surface area contributed by atoms with E-state index in [1.54, 1.807) is 42.3 Å². The van der Waals surface area contributed by atoms with Crippen molar-refractivity contribution in [1.82, 2.24) is 15.1 Å². The van der Waals surface area contributed by atoms with Crippen molar-refractivity contribution >= 4 is 52.6 Å². The van der Waals surface area contributed by atoms with Gasteiger partial charge in [-0.3, -0.25) is 19.7 Å². The zero-order valence-corrected chi connectivity index (χ0v) is 22.7. The van der Waals surface area contributed by atoms with Gasteiger partial charge in [-0.25, -0.2) is 4.99 Å². The summed E-state index contributed by atoms with van der Waals surface area (Å²) in [7, 11) is 1.57. The van der Waals surface area contributed by atoms with Crippen molar-refractivity contribution in [3.63, 3.8) is 0 Å². The van der Waals surface area contributed by atoms with E-state index in [-0.39, 0.29) is 34.9 Å². The molecular weight excluding hydrogens is 529 g/mol. The first-order valence-corrected chi connectivity index (χ1v) is 13.4. The van der Waals surface area contributed by atoms with E-state index in [1.165, 1.54) is 12.1 Å². The van der Waals surface area contributed by atoms with Gasteiger partial charge in [0.25, 0.3) is 5.91 Å². The van der Waals surface area contributed by atoms with Crippen LogP contribution in [0.15, 0.2) is 47.5 Å². The van der Waals surface area contributed by atoms with Gasteiger partial charge >= 0.3 is 0 Å². The van der Waals surface area contributed by atoms with Gasteiger partial charge in [0.05, 0.1) is 23.7 Å². The van der Waals surface area contributed by atoms with Crippen LogP contribution in [-0.2, 0) is 9.59 Å². The third-order valence-electron chi connectivity index (χ3n) is 6.59. The molecule has 2 saturated heterocycles. The number of hydrogen-bond acceptors (Lipinski definition) is 5. The zero-order chi connectivity index (χ0) is 27.1. The first-order chi connectivity index (χ1) is 18.3. The molecule has 2 heterocycles. The lowest BCUT2D eigenvalue weighted by atomic mass is 10.1. The van der Waals surface area contributed by atoms with E-state index in [2.05, 4.69) is 15.6 Å². The molecule has 1 atom stereocenters. The number of nitrogens with one attached hydrogen (secondary N) is 2. The number of ether oxygens (including phenoxy) is 1. The van der Waals surface area contributed by atoms with Crippen LogP contribution in [0, 0.1) is 0 Å². The number of likely N-dealkylation sites (tertiary alicyclic amines) is 2. The fourth-order valence-corrected chi connectivity index (χ4v) is 4.77. The predicted octanol–water partition coefficient (Wildman–Crippen LogP) is 4.20. The van der Waals surface area contributed by atoms with Crippen molar-refractivity contribution in [2.45, 2.75) is 38.1 Å². The Hall–Kier alpha value is -3.30. The van der Waals surface area contributed by atoms with Crippen LogP contribution < -0.4 is 15.4 Å². The second kappa shape index (κ2) is 13.0. The average molecular weight is 560 g/mol. The van der Waals surface area contributed by atoms with Crippen LogP contribution in [0.5, 0.6) is 5.75 Å². The zero-order valence-electron chi connectivity index (χ0n) is 21.2. The fourth-order valence-electron chi connectivity index (χ4n) is 4.47. The van der Waals surface area contributed by atoms with Gasteiger partial charge in [0, 0.05) is 30.9 Å². The highest BCUT2D eigenvalue weighted by Gasteiger charge is 2.30. The third kappa shape index (κ3) is 7.17. The number of halogens is 2. The lowest BCUT2D eigenvalue weighted by Gasteiger charge is -2.25. The monoisotopic (exact) mass is 559 g/mol. The number of amides is 3. The maximum Gasteiger partial charge on any atom is 0.258 e. The van der Waals surface area contributed by atoms with E-state index >= 15 is 0 Å². The highest BCUT2D eigenvalue weighted by molar-refractivity contribution is 6.42. The number of nitrogens with zero attached hydrogens (tertiary/aromatic N) is 3. The van der Waals surface area contributed by atoms with E-state index in [0.717, 1.165) is 38.8 Å². The molecule has 38 heavy (non-hydrogen) atoms. The van der Waals surface area contributed by atoms with Gasteiger partial charge < -0.3 is 19.9 Å². The van der Waals surface area contributed by atoms with E-state index in [4.69, 9.17) is 27.9 Å². The Kier molecular flexibility index (Phi) is 9.47. The number of guanidine groups is 1. The number of carbonyl (C=O) groups is 3. The fraction of sp³-hybridized carbons (Fsp3) is 0.407. The summed E-state index contributed by atoms with van der Waals surface area (Å²) < 4.78 is 5.21. The Morgan fingerprint density at radius 3 is 2.39 bits per heavy atom. The van der Waals surface area contributed by atoms with Gasteiger partial charge in [-0.2, -0.15) is 0 Å². The maximum absolute atomic E-state index is 13.5. The smallest absolute Gasteiger partial charge is 0.258 e. The van der Waals surface area contributed by atoms with E-state index < -0.39 is 11.9 Å². The van der Waals surface area contributed by atoms with Crippen molar-refractivity contribution in [1.29, 1.82) is 0 Å². The van der Waals surface area contributed by atoms with Gasteiger partial charge in [0.2, 0.25) is 17.8 Å². The molecule has 2 N–H and O–H groups in total. The molecule has 9 nitrogen and oxygen atoms in total. The van der Waals surface area contributed by atoms with Crippen molar-refractivity contribution in [3.05, 3.63) is 58.1 Å². The number of anilines is 1. The lowest BCUT2D eigenvalue weighted by molar-refractivity contribution is -0.140. The molecule has 2 fully saturated rings. The molecule has 2 aromatic carbocycles. The first-order valence-electron chi connectivity index (χ1n) is 12.7. The van der Waals surface area contributed by atoms with Crippen LogP contribution in [-0.4, -0.2) is 72.8 Å². The van der Waals surface area contributed by atoms with Crippen LogP contribution in [0.2, 0.25) is 10.0 Å². The lowest BCUT2D eigenvalue weighted by Crippen LogP contribution is -2.45. The van der Waals surface area contributed by atoms with E-state index in [0.29, 0.717) is 29.4 Å². The molecular formula is C27H31Cl2N5O4. The topological polar surface area (TPSA) is 103 Å². The Morgan fingerprint density at radius 1 is 1.00 bits per heavy atom. The Labute approximate surface area is 232 Å². The van der Waals surface area contributed by atoms with E-state index in [1.807, 2.05) is 4.90 Å². The highest BCUT2D eigenvalue weighted by atomic mass is 35.5. The summed E-state index contributed by atoms with van der Waals surface area (Å²) in [5.41, 5.74) is 0.926. The summed E-state index contributed by atoms with van der Waals surface area (Å²) in [5.74, 6) is 0.0479. The van der Waals surface area contributed by atoms with Crippen LogP contribution >= 0.6 is 23.2 Å². The normalized spacial score (nSPS) is 18.2. The molecule has 1 unspecified atom stereocenters. The molecule has 0 bridgehead atoms. The minimum atomic E-state index is -0.751. The number of methoxy groups -OCH3 is 1. The standard InChI is InChI=1S/C27H31Cl2N5O4/c1-38-20-10-8-19(9-11-20)30-27(32-25(36)18-7-12-21(28)22(29)16-18)31-23-6-2-3-15-34(26(23)37)17-24(35)33-13-4-5-14-33/h7-12,16,23H,2-6,13-15,17H2,1H3,(H2,30,31,32,36). The summed E-state index contributed by atoms with van der Waals surface area (Å²) in [4.78, 5) is 47.3. The minimum Gasteiger partial charge on any atom is -0.497 e. The second-order valence-corrected chi connectivity index (χ2v) is 10.1. The van der Waals surface area contributed by atoms with Crippen molar-refractivity contribution in [2.24, 2.45) is 4.99 Å². The molecule has 0 radical (unpaired) electrons. The highest BCUT2D eigenvalue weighted by Crippen LogP contribution is 2.23. The molecule has 2 aliphatic rings. The quantitative estimate of drug-likeness (QED) is 0.407. The summed E-state index contributed by atoms with van der Waals surface area (Å²) >= 11 is 12.1. The van der Waals surface area contributed by atoms with Crippen molar-refractivity contribution < 1.29 is 19.1 Å². The largest absolute Gasteiger partial charge is 0.497 e. The second-order valence-electron chi connectivity index (χ2n) is 9.27. The first kappa shape index (κ1) is 27.7. The number of carbonyl (C=O) groups excluding carboxylic acids is 3. The maximum atomic E-state index is 13.5. The molecule has 0 aliphatic carbocycles. The molecule has 11 heteroatoms. The number of aliphatic imine (C=N–C) groups is 1. The number of rotatable bonds is 6. The minimum absolute atomic E-state index is 0.0371. The van der Waals surface area contributed by atoms with Gasteiger partial charge in [-0.1, -0.05) is 23.2 Å². The van der Waals surface area contributed by atoms with E-state index in [9.17, 15) is 14.4 Å². The third-order valence-corrected chi connectivity index (χ3v) is 7.33. The molecule has 0 aromatic heterocycles. The Morgan fingerprint density at radius 2 is 1.71 bits per heavy atom. The van der Waals surface area contributed by atoms with Gasteiger partial charge in [0.15, 0.2) is 0 Å². The van der Waals surface area contributed by atoms with Gasteiger partial charge in [-0.05, 0) is 74.6 Å². The predicted molar refractivity (Wildman–Crippen MR) is 148 cm³/mol. The number of hydrogen-bond donors (Lipinski definition) is 2. The summed E-state index contributed by atoms with van der Waals surface area (Å²) in [6.45, 7) is 2.02. The molecule has 202 valence electrons. The molecule has 2 aliphatic heterocycles. The molecule has 0 saturated carbocycles. The summed E-state index contributed by atoms with van der Waals surface area (Å²) in [6.07, 6.45) is 4.04. The molecule has 2 aromatic rings. The van der Waals surface area contributed by atoms with Crippen LogP contribution in [0.3, 0.4) is 0 Å². The molecule has 3 amide bonds.